The summed E-state index contributed by atoms with van der Waals surface area (Å²) in [6, 6.07) is 5.11. The van der Waals surface area contributed by atoms with Crippen molar-refractivity contribution in [3.63, 3.8) is 0 Å². The van der Waals surface area contributed by atoms with E-state index in [1.165, 1.54) is 0 Å². The Hall–Kier alpha value is -2.87. The monoisotopic (exact) mass is 329 g/mol. The molecule has 2 aliphatic rings. The van der Waals surface area contributed by atoms with E-state index >= 15 is 0 Å². The summed E-state index contributed by atoms with van der Waals surface area (Å²) < 4.78 is 10.9. The molecule has 2 aromatic rings. The summed E-state index contributed by atoms with van der Waals surface area (Å²) in [6.07, 6.45) is 0.293. The van der Waals surface area contributed by atoms with Gasteiger partial charge in [-0.2, -0.15) is 0 Å². The van der Waals surface area contributed by atoms with Gasteiger partial charge in [0.1, 0.15) is 5.75 Å². The van der Waals surface area contributed by atoms with Gasteiger partial charge in [0.25, 0.3) is 11.5 Å². The number of carbonyl (C=O) groups excluding carboxylic acids is 1. The van der Waals surface area contributed by atoms with Gasteiger partial charge in [-0.3, -0.25) is 19.6 Å². The minimum absolute atomic E-state index is 0.0673. The summed E-state index contributed by atoms with van der Waals surface area (Å²) >= 11 is 0. The van der Waals surface area contributed by atoms with E-state index in [9.17, 15) is 14.4 Å². The van der Waals surface area contributed by atoms with Crippen molar-refractivity contribution < 1.29 is 14.3 Å². The van der Waals surface area contributed by atoms with Crippen molar-refractivity contribution >= 4 is 5.91 Å². The molecular weight excluding hydrogens is 314 g/mol. The molecule has 8 nitrogen and oxygen atoms in total. The predicted molar refractivity (Wildman–Crippen MR) is 83.7 cm³/mol. The molecule has 0 aliphatic carbocycles. The average Bonchev–Trinajstić information content (AvgIpc) is 2.60. The summed E-state index contributed by atoms with van der Waals surface area (Å²) in [5.41, 5.74) is 0.534. The van der Waals surface area contributed by atoms with Gasteiger partial charge in [0.2, 0.25) is 5.88 Å². The Morgan fingerprint density at radius 2 is 1.92 bits per heavy atom. The van der Waals surface area contributed by atoms with Crippen LogP contribution in [0.25, 0.3) is 0 Å². The van der Waals surface area contributed by atoms with Crippen LogP contribution in [-0.4, -0.2) is 47.1 Å². The van der Waals surface area contributed by atoms with Crippen molar-refractivity contribution in [3.05, 3.63) is 55.7 Å². The van der Waals surface area contributed by atoms with Crippen LogP contribution in [0, 0.1) is 0 Å². The molecule has 2 N–H and O–H groups in total. The Kier molecular flexibility index (Phi) is 3.46. The van der Waals surface area contributed by atoms with E-state index in [0.29, 0.717) is 49.6 Å². The van der Waals surface area contributed by atoms with Gasteiger partial charge < -0.3 is 14.4 Å². The first-order valence-corrected chi connectivity index (χ1v) is 7.65. The molecule has 4 rings (SSSR count). The largest absolute Gasteiger partial charge is 0.440 e. The standard InChI is InChI=1S/C16H15N3O5/c20-13-11-8-10-7-9(15(21)19-3-5-23-6-4-19)1-2-12(10)24-14(11)18-16(22)17-13/h1-2,7H,3-6,8H2,(H2,17,18,20,22). The minimum atomic E-state index is -0.610. The van der Waals surface area contributed by atoms with Crippen LogP contribution < -0.4 is 16.0 Å². The fourth-order valence-electron chi connectivity index (χ4n) is 2.94. The zero-order valence-electron chi connectivity index (χ0n) is 12.8. The van der Waals surface area contributed by atoms with Crippen LogP contribution in [0.5, 0.6) is 11.6 Å². The van der Waals surface area contributed by atoms with E-state index in [1.807, 2.05) is 0 Å². The Bertz CT molecular complexity index is 924. The number of H-pyrrole nitrogens is 2. The second-order valence-corrected chi connectivity index (χ2v) is 5.72. The second-order valence-electron chi connectivity index (χ2n) is 5.72. The molecule has 1 aromatic carbocycles. The quantitative estimate of drug-likeness (QED) is 0.665. The van der Waals surface area contributed by atoms with Gasteiger partial charge in [-0.15, -0.1) is 0 Å². The van der Waals surface area contributed by atoms with Crippen LogP contribution in [0.1, 0.15) is 21.5 Å². The van der Waals surface area contributed by atoms with E-state index in [0.717, 1.165) is 5.56 Å². The molecule has 1 amide bonds. The number of benzene rings is 1. The molecule has 124 valence electrons. The first-order valence-electron chi connectivity index (χ1n) is 7.65. The van der Waals surface area contributed by atoms with E-state index < -0.39 is 11.2 Å². The number of carbonyl (C=O) groups is 1. The maximum atomic E-state index is 12.6. The van der Waals surface area contributed by atoms with Gasteiger partial charge in [-0.1, -0.05) is 0 Å². The zero-order chi connectivity index (χ0) is 16.7. The van der Waals surface area contributed by atoms with Gasteiger partial charge in [0, 0.05) is 30.6 Å². The third kappa shape index (κ3) is 2.50. The molecule has 0 spiro atoms. The van der Waals surface area contributed by atoms with E-state index in [-0.39, 0.29) is 11.8 Å². The third-order valence-corrected chi connectivity index (χ3v) is 4.19. The maximum absolute atomic E-state index is 12.6. The van der Waals surface area contributed by atoms with E-state index in [2.05, 4.69) is 9.97 Å². The number of ether oxygens (including phenoxy) is 2. The summed E-state index contributed by atoms with van der Waals surface area (Å²) in [4.78, 5) is 42.2. The lowest BCUT2D eigenvalue weighted by atomic mass is 10.0. The lowest BCUT2D eigenvalue weighted by molar-refractivity contribution is 0.0303. The lowest BCUT2D eigenvalue weighted by Gasteiger charge is -2.27. The normalized spacial score (nSPS) is 16.1. The number of nitrogens with zero attached hydrogens (tertiary/aromatic N) is 1. The SMILES string of the molecule is O=C(c1ccc2c(c1)Cc1c([nH]c(=O)[nH]c1=O)O2)N1CCOCC1. The molecular formula is C16H15N3O5. The number of hydrogen-bond acceptors (Lipinski definition) is 5. The topological polar surface area (TPSA) is 104 Å². The number of morpholine rings is 1. The summed E-state index contributed by atoms with van der Waals surface area (Å²) in [5.74, 6) is 0.619. The van der Waals surface area contributed by atoms with Crippen LogP contribution in [0.15, 0.2) is 27.8 Å². The predicted octanol–water partition coefficient (Wildman–Crippen LogP) is 0.232. The van der Waals surface area contributed by atoms with Crippen LogP contribution in [0.3, 0.4) is 0 Å². The Morgan fingerprint density at radius 3 is 2.71 bits per heavy atom. The number of amides is 1. The van der Waals surface area contributed by atoms with Crippen LogP contribution in [-0.2, 0) is 11.2 Å². The highest BCUT2D eigenvalue weighted by Crippen LogP contribution is 2.33. The molecule has 24 heavy (non-hydrogen) atoms. The number of hydrogen-bond donors (Lipinski definition) is 2. The summed E-state index contributed by atoms with van der Waals surface area (Å²) in [5, 5.41) is 0. The molecule has 3 heterocycles. The zero-order valence-corrected chi connectivity index (χ0v) is 12.8. The Balaban J connectivity index is 1.66. The minimum Gasteiger partial charge on any atom is -0.440 e. The number of aromatic amines is 2. The average molecular weight is 329 g/mol. The van der Waals surface area contributed by atoms with Crippen molar-refractivity contribution in [1.29, 1.82) is 0 Å². The molecule has 0 radical (unpaired) electrons. The lowest BCUT2D eigenvalue weighted by Crippen LogP contribution is -2.40. The molecule has 0 unspecified atom stereocenters. The van der Waals surface area contributed by atoms with E-state index in [4.69, 9.17) is 9.47 Å². The Labute approximate surface area is 136 Å². The van der Waals surface area contributed by atoms with Crippen molar-refractivity contribution in [2.24, 2.45) is 0 Å². The summed E-state index contributed by atoms with van der Waals surface area (Å²) in [7, 11) is 0. The molecule has 0 saturated carbocycles. The molecule has 0 atom stereocenters. The Morgan fingerprint density at radius 1 is 1.12 bits per heavy atom. The van der Waals surface area contributed by atoms with Crippen molar-refractivity contribution in [2.75, 3.05) is 26.3 Å². The second kappa shape index (κ2) is 5.64. The van der Waals surface area contributed by atoms with Crippen molar-refractivity contribution in [2.45, 2.75) is 6.42 Å². The molecule has 1 fully saturated rings. The van der Waals surface area contributed by atoms with Gasteiger partial charge in [0.05, 0.1) is 18.8 Å². The highest BCUT2D eigenvalue weighted by Gasteiger charge is 2.24. The maximum Gasteiger partial charge on any atom is 0.328 e. The van der Waals surface area contributed by atoms with E-state index in [1.54, 1.807) is 23.1 Å². The van der Waals surface area contributed by atoms with Crippen LogP contribution in [0.2, 0.25) is 0 Å². The first kappa shape index (κ1) is 14.7. The van der Waals surface area contributed by atoms with Gasteiger partial charge in [-0.25, -0.2) is 4.79 Å². The fraction of sp³-hybridized carbons (Fsp3) is 0.312. The highest BCUT2D eigenvalue weighted by atomic mass is 16.5. The van der Waals surface area contributed by atoms with Crippen LogP contribution >= 0.6 is 0 Å². The van der Waals surface area contributed by atoms with Crippen molar-refractivity contribution in [1.82, 2.24) is 14.9 Å². The number of nitrogens with one attached hydrogen (secondary N) is 2. The van der Waals surface area contributed by atoms with Gasteiger partial charge in [-0.05, 0) is 18.2 Å². The third-order valence-electron chi connectivity index (χ3n) is 4.19. The number of aromatic nitrogens is 2. The molecule has 1 aromatic heterocycles. The molecule has 8 heteroatoms. The first-order chi connectivity index (χ1) is 11.6. The number of fused-ring (bicyclic) bond motifs is 2. The smallest absolute Gasteiger partial charge is 0.328 e. The summed E-state index contributed by atoms with van der Waals surface area (Å²) in [6.45, 7) is 2.21. The molecule has 2 aliphatic heterocycles. The van der Waals surface area contributed by atoms with Crippen LogP contribution in [0.4, 0.5) is 0 Å². The number of rotatable bonds is 1. The van der Waals surface area contributed by atoms with Gasteiger partial charge in [0.15, 0.2) is 0 Å². The fourth-order valence-corrected chi connectivity index (χ4v) is 2.94. The molecule has 0 bridgehead atoms. The highest BCUT2D eigenvalue weighted by molar-refractivity contribution is 5.94. The van der Waals surface area contributed by atoms with Crippen molar-refractivity contribution in [3.8, 4) is 11.6 Å². The van der Waals surface area contributed by atoms with Gasteiger partial charge >= 0.3 is 5.69 Å². The molecule has 1 saturated heterocycles.